The zero-order valence-corrected chi connectivity index (χ0v) is 7.69. The van der Waals surface area contributed by atoms with Crippen LogP contribution in [-0.2, 0) is 0 Å². The molecule has 0 saturated carbocycles. The number of rotatable bonds is 5. The zero-order valence-electron chi connectivity index (χ0n) is 7.69. The fraction of sp³-hybridized carbons (Fsp3) is 0.455. The Labute approximate surface area is 78.8 Å². The highest BCUT2D eigenvalue weighted by molar-refractivity contribution is 5.19. The molecule has 0 spiro atoms. The van der Waals surface area contributed by atoms with Crippen molar-refractivity contribution in [3.63, 3.8) is 0 Å². The molecule has 0 aliphatic carbocycles. The predicted molar refractivity (Wildman–Crippen MR) is 52.6 cm³/mol. The average Bonchev–Trinajstić information content (AvgIpc) is 2.21. The van der Waals surface area contributed by atoms with Gasteiger partial charge < -0.3 is 10.2 Å². The molecular weight excluding hydrogens is 164 g/mol. The Kier molecular flexibility index (Phi) is 4.50. The van der Waals surface area contributed by atoms with Crippen LogP contribution in [0.2, 0.25) is 0 Å². The first-order chi connectivity index (χ1) is 6.38. The molecule has 1 atom stereocenters. The quantitative estimate of drug-likeness (QED) is 0.721. The van der Waals surface area contributed by atoms with E-state index >= 15 is 0 Å². The molecule has 1 aromatic rings. The van der Waals surface area contributed by atoms with Crippen LogP contribution >= 0.6 is 0 Å². The van der Waals surface area contributed by atoms with E-state index in [2.05, 4.69) is 0 Å². The minimum absolute atomic E-state index is 0.157. The van der Waals surface area contributed by atoms with E-state index < -0.39 is 0 Å². The van der Waals surface area contributed by atoms with Gasteiger partial charge in [0.15, 0.2) is 0 Å². The van der Waals surface area contributed by atoms with E-state index in [1.165, 1.54) is 0 Å². The molecule has 0 bridgehead atoms. The third-order valence-corrected chi connectivity index (χ3v) is 2.20. The van der Waals surface area contributed by atoms with Crippen LogP contribution < -0.4 is 0 Å². The maximum absolute atomic E-state index is 9.12. The lowest BCUT2D eigenvalue weighted by molar-refractivity contribution is 0.237. The summed E-state index contributed by atoms with van der Waals surface area (Å²) in [6, 6.07) is 9.92. The van der Waals surface area contributed by atoms with Crippen molar-refractivity contribution in [2.75, 3.05) is 13.2 Å². The highest BCUT2D eigenvalue weighted by Crippen LogP contribution is 2.19. The molecule has 13 heavy (non-hydrogen) atoms. The van der Waals surface area contributed by atoms with E-state index in [0.29, 0.717) is 0 Å². The second-order valence-electron chi connectivity index (χ2n) is 3.16. The lowest BCUT2D eigenvalue weighted by Gasteiger charge is -2.13. The maximum Gasteiger partial charge on any atom is 0.0499 e. The Morgan fingerprint density at radius 1 is 1.08 bits per heavy atom. The lowest BCUT2D eigenvalue weighted by Crippen LogP contribution is -2.04. The Bertz CT molecular complexity index is 221. The summed E-state index contributed by atoms with van der Waals surface area (Å²) in [6.45, 7) is 0.355. The van der Waals surface area contributed by atoms with E-state index in [1.54, 1.807) is 0 Å². The smallest absolute Gasteiger partial charge is 0.0499 e. The van der Waals surface area contributed by atoms with Crippen molar-refractivity contribution in [1.29, 1.82) is 0 Å². The van der Waals surface area contributed by atoms with Gasteiger partial charge in [0.05, 0.1) is 0 Å². The molecule has 0 amide bonds. The van der Waals surface area contributed by atoms with Gasteiger partial charge >= 0.3 is 0 Å². The molecule has 0 aliphatic heterocycles. The van der Waals surface area contributed by atoms with Crippen molar-refractivity contribution in [1.82, 2.24) is 0 Å². The number of aliphatic hydroxyl groups is 2. The number of hydrogen-bond acceptors (Lipinski definition) is 2. The van der Waals surface area contributed by atoms with Crippen molar-refractivity contribution >= 4 is 0 Å². The molecule has 0 unspecified atom stereocenters. The van der Waals surface area contributed by atoms with Crippen LogP contribution in [0, 0.1) is 0 Å². The van der Waals surface area contributed by atoms with Gasteiger partial charge in [0.2, 0.25) is 0 Å². The summed E-state index contributed by atoms with van der Waals surface area (Å²) in [5, 5.41) is 17.8. The molecule has 0 aliphatic rings. The molecule has 2 heteroatoms. The molecule has 0 saturated heterocycles. The van der Waals surface area contributed by atoms with E-state index in [-0.39, 0.29) is 19.1 Å². The number of aliphatic hydroxyl groups excluding tert-OH is 2. The highest BCUT2D eigenvalue weighted by atomic mass is 16.3. The summed E-state index contributed by atoms with van der Waals surface area (Å²) in [5.74, 6) is 0.174. The van der Waals surface area contributed by atoms with Crippen molar-refractivity contribution in [3.8, 4) is 0 Å². The van der Waals surface area contributed by atoms with Gasteiger partial charge in [-0.25, -0.2) is 0 Å². The molecule has 0 aromatic heterocycles. The van der Waals surface area contributed by atoms with E-state index in [4.69, 9.17) is 10.2 Å². The molecular formula is C11H16O2. The molecule has 72 valence electrons. The molecule has 2 nitrogen and oxygen atoms in total. The first-order valence-electron chi connectivity index (χ1n) is 4.65. The van der Waals surface area contributed by atoms with Crippen LogP contribution in [-0.4, -0.2) is 23.4 Å². The Hall–Kier alpha value is -0.860. The van der Waals surface area contributed by atoms with Crippen LogP contribution in [0.4, 0.5) is 0 Å². The standard InChI is InChI=1S/C11H16O2/c12-8-4-7-11(9-13)10-5-2-1-3-6-10/h1-3,5-6,11-13H,4,7-9H2/t11-/m1/s1. The summed E-state index contributed by atoms with van der Waals surface area (Å²) in [6.07, 6.45) is 1.59. The van der Waals surface area contributed by atoms with Gasteiger partial charge in [-0.2, -0.15) is 0 Å². The second kappa shape index (κ2) is 5.73. The molecule has 1 rings (SSSR count). The Morgan fingerprint density at radius 2 is 1.77 bits per heavy atom. The van der Waals surface area contributed by atoms with Crippen LogP contribution in [0.25, 0.3) is 0 Å². The normalized spacial score (nSPS) is 12.8. The van der Waals surface area contributed by atoms with Gasteiger partial charge in [0.1, 0.15) is 0 Å². The predicted octanol–water partition coefficient (Wildman–Crippen LogP) is 1.53. The molecule has 0 radical (unpaired) electrons. The minimum atomic E-state index is 0.157. The van der Waals surface area contributed by atoms with Crippen molar-refractivity contribution in [2.45, 2.75) is 18.8 Å². The highest BCUT2D eigenvalue weighted by Gasteiger charge is 2.08. The van der Waals surface area contributed by atoms with Crippen molar-refractivity contribution < 1.29 is 10.2 Å². The Morgan fingerprint density at radius 3 is 2.31 bits per heavy atom. The van der Waals surface area contributed by atoms with Gasteiger partial charge in [-0.05, 0) is 18.4 Å². The molecule has 2 N–H and O–H groups in total. The second-order valence-corrected chi connectivity index (χ2v) is 3.16. The van der Waals surface area contributed by atoms with Gasteiger partial charge in [0.25, 0.3) is 0 Å². The summed E-state index contributed by atoms with van der Waals surface area (Å²) in [4.78, 5) is 0. The molecule has 0 fully saturated rings. The minimum Gasteiger partial charge on any atom is -0.396 e. The molecule has 0 heterocycles. The van der Waals surface area contributed by atoms with Crippen LogP contribution in [0.1, 0.15) is 24.3 Å². The molecule has 1 aromatic carbocycles. The monoisotopic (exact) mass is 180 g/mol. The van der Waals surface area contributed by atoms with E-state index in [1.807, 2.05) is 30.3 Å². The van der Waals surface area contributed by atoms with Crippen LogP contribution in [0.5, 0.6) is 0 Å². The fourth-order valence-corrected chi connectivity index (χ4v) is 1.43. The number of benzene rings is 1. The third kappa shape index (κ3) is 3.17. The third-order valence-electron chi connectivity index (χ3n) is 2.20. The van der Waals surface area contributed by atoms with Gasteiger partial charge in [-0.15, -0.1) is 0 Å². The first kappa shape index (κ1) is 10.2. The lowest BCUT2D eigenvalue weighted by atomic mass is 9.95. The number of hydrogen-bond donors (Lipinski definition) is 2. The van der Waals surface area contributed by atoms with Crippen LogP contribution in [0.3, 0.4) is 0 Å². The topological polar surface area (TPSA) is 40.5 Å². The Balaban J connectivity index is 2.56. The van der Waals surface area contributed by atoms with E-state index in [0.717, 1.165) is 18.4 Å². The maximum atomic E-state index is 9.12. The SMILES string of the molecule is OCCC[C@H](CO)c1ccccc1. The van der Waals surface area contributed by atoms with Crippen molar-refractivity contribution in [3.05, 3.63) is 35.9 Å². The average molecular weight is 180 g/mol. The summed E-state index contributed by atoms with van der Waals surface area (Å²) >= 11 is 0. The van der Waals surface area contributed by atoms with E-state index in [9.17, 15) is 0 Å². The zero-order chi connectivity index (χ0) is 9.52. The largest absolute Gasteiger partial charge is 0.396 e. The van der Waals surface area contributed by atoms with Gasteiger partial charge in [0, 0.05) is 19.1 Å². The summed E-state index contributed by atoms with van der Waals surface area (Å²) in [5.41, 5.74) is 1.15. The van der Waals surface area contributed by atoms with Gasteiger partial charge in [-0.3, -0.25) is 0 Å². The first-order valence-corrected chi connectivity index (χ1v) is 4.65. The van der Waals surface area contributed by atoms with Crippen LogP contribution in [0.15, 0.2) is 30.3 Å². The summed E-state index contributed by atoms with van der Waals surface area (Å²) < 4.78 is 0. The summed E-state index contributed by atoms with van der Waals surface area (Å²) in [7, 11) is 0. The van der Waals surface area contributed by atoms with Crippen molar-refractivity contribution in [2.24, 2.45) is 0 Å². The van der Waals surface area contributed by atoms with Gasteiger partial charge in [-0.1, -0.05) is 30.3 Å². The fourth-order valence-electron chi connectivity index (χ4n) is 1.43.